The summed E-state index contributed by atoms with van der Waals surface area (Å²) in [4.78, 5) is 22.5. The van der Waals surface area contributed by atoms with Crippen molar-refractivity contribution in [1.82, 2.24) is 10.6 Å². The molecule has 2 unspecified atom stereocenters. The van der Waals surface area contributed by atoms with Crippen LogP contribution in [0.1, 0.15) is 40.0 Å². The van der Waals surface area contributed by atoms with Gasteiger partial charge in [0.1, 0.15) is 0 Å². The Morgan fingerprint density at radius 1 is 1.28 bits per heavy atom. The number of amides is 2. The molecule has 106 valence electrons. The van der Waals surface area contributed by atoms with Gasteiger partial charge in [-0.1, -0.05) is 0 Å². The van der Waals surface area contributed by atoms with E-state index in [0.29, 0.717) is 19.3 Å². The van der Waals surface area contributed by atoms with E-state index in [9.17, 15) is 9.59 Å². The Labute approximate surface area is 109 Å². The molecular formula is C12H26N4O2. The van der Waals surface area contributed by atoms with Crippen molar-refractivity contribution in [2.45, 2.75) is 57.7 Å². The summed E-state index contributed by atoms with van der Waals surface area (Å²) in [6.45, 7) is 5.70. The van der Waals surface area contributed by atoms with Crippen LogP contribution in [0.25, 0.3) is 0 Å². The van der Waals surface area contributed by atoms with Crippen LogP contribution in [0.2, 0.25) is 0 Å². The number of nitrogens with two attached hydrogens (primary N) is 2. The minimum atomic E-state index is -0.746. The van der Waals surface area contributed by atoms with E-state index < -0.39 is 5.54 Å². The number of nitrogens with one attached hydrogen (secondary N) is 2. The second-order valence-electron chi connectivity index (χ2n) is 5.13. The second kappa shape index (κ2) is 7.33. The molecule has 0 radical (unpaired) electrons. The average Bonchev–Trinajstić information content (AvgIpc) is 2.22. The molecule has 0 aliphatic heterocycles. The van der Waals surface area contributed by atoms with Crippen LogP contribution in [0.5, 0.6) is 0 Å². The zero-order valence-corrected chi connectivity index (χ0v) is 11.7. The van der Waals surface area contributed by atoms with Crippen LogP contribution in [-0.2, 0) is 9.59 Å². The van der Waals surface area contributed by atoms with E-state index in [1.165, 1.54) is 0 Å². The van der Waals surface area contributed by atoms with Crippen LogP contribution in [-0.4, -0.2) is 36.5 Å². The van der Waals surface area contributed by atoms with Gasteiger partial charge in [0, 0.05) is 6.04 Å². The summed E-state index contributed by atoms with van der Waals surface area (Å²) < 4.78 is 0. The molecule has 6 heteroatoms. The van der Waals surface area contributed by atoms with Gasteiger partial charge in [-0.25, -0.2) is 0 Å². The number of carbonyl (C=O) groups excluding carboxylic acids is 2. The molecule has 0 spiro atoms. The number of hydrogen-bond donors (Lipinski definition) is 4. The smallest absolute Gasteiger partial charge is 0.237 e. The SMILES string of the molecule is CNC(CCCC(C)(NC(C)C)C(N)=O)C(N)=O. The van der Waals surface area contributed by atoms with Gasteiger partial charge in [-0.2, -0.15) is 0 Å². The van der Waals surface area contributed by atoms with Crippen molar-refractivity contribution in [1.29, 1.82) is 0 Å². The van der Waals surface area contributed by atoms with Crippen LogP contribution >= 0.6 is 0 Å². The fraction of sp³-hybridized carbons (Fsp3) is 0.833. The van der Waals surface area contributed by atoms with Crippen molar-refractivity contribution in [3.63, 3.8) is 0 Å². The summed E-state index contributed by atoms with van der Waals surface area (Å²) in [5.41, 5.74) is 9.90. The van der Waals surface area contributed by atoms with Crippen molar-refractivity contribution in [2.75, 3.05) is 7.05 Å². The molecule has 0 aliphatic rings. The van der Waals surface area contributed by atoms with Gasteiger partial charge in [0.05, 0.1) is 11.6 Å². The summed E-state index contributed by atoms with van der Waals surface area (Å²) in [6, 6.07) is -0.195. The fourth-order valence-corrected chi connectivity index (χ4v) is 1.99. The standard InChI is InChI=1S/C12H26N4O2/c1-8(2)16-12(3,11(14)18)7-5-6-9(15-4)10(13)17/h8-9,15-16H,5-7H2,1-4H3,(H2,13,17)(H2,14,18). The molecular weight excluding hydrogens is 232 g/mol. The second-order valence-corrected chi connectivity index (χ2v) is 5.13. The van der Waals surface area contributed by atoms with E-state index in [-0.39, 0.29) is 23.9 Å². The maximum absolute atomic E-state index is 11.5. The molecule has 0 bridgehead atoms. The summed E-state index contributed by atoms with van der Waals surface area (Å²) >= 11 is 0. The number of primary amides is 2. The molecule has 0 fully saturated rings. The van der Waals surface area contributed by atoms with Gasteiger partial charge in [0.2, 0.25) is 11.8 Å². The summed E-state index contributed by atoms with van der Waals surface area (Å²) in [5.74, 6) is -0.758. The molecule has 6 N–H and O–H groups in total. The molecule has 0 aromatic carbocycles. The highest BCUT2D eigenvalue weighted by Gasteiger charge is 2.31. The van der Waals surface area contributed by atoms with Crippen LogP contribution in [0.15, 0.2) is 0 Å². The Bertz CT molecular complexity index is 294. The van der Waals surface area contributed by atoms with Crippen LogP contribution in [0.4, 0.5) is 0 Å². The van der Waals surface area contributed by atoms with Gasteiger partial charge in [-0.05, 0) is 47.1 Å². The lowest BCUT2D eigenvalue weighted by molar-refractivity contribution is -0.124. The van der Waals surface area contributed by atoms with E-state index >= 15 is 0 Å². The van der Waals surface area contributed by atoms with Gasteiger partial charge in [0.15, 0.2) is 0 Å². The van der Waals surface area contributed by atoms with Gasteiger partial charge < -0.3 is 22.1 Å². The lowest BCUT2D eigenvalue weighted by atomic mass is 9.92. The molecule has 0 aromatic heterocycles. The number of rotatable bonds is 9. The highest BCUT2D eigenvalue weighted by molar-refractivity contribution is 5.84. The number of hydrogen-bond acceptors (Lipinski definition) is 4. The first-order chi connectivity index (χ1) is 8.23. The largest absolute Gasteiger partial charge is 0.368 e. The summed E-state index contributed by atoms with van der Waals surface area (Å²) in [7, 11) is 1.69. The lowest BCUT2D eigenvalue weighted by Gasteiger charge is -2.30. The fourth-order valence-electron chi connectivity index (χ4n) is 1.99. The van der Waals surface area contributed by atoms with Gasteiger partial charge >= 0.3 is 0 Å². The third-order valence-corrected chi connectivity index (χ3v) is 3.01. The van der Waals surface area contributed by atoms with Crippen LogP contribution < -0.4 is 22.1 Å². The molecule has 0 rings (SSSR count). The van der Waals surface area contributed by atoms with Crippen molar-refractivity contribution in [3.05, 3.63) is 0 Å². The molecule has 2 amide bonds. The van der Waals surface area contributed by atoms with Gasteiger partial charge in [-0.3, -0.25) is 9.59 Å². The van der Waals surface area contributed by atoms with Crippen molar-refractivity contribution < 1.29 is 9.59 Å². The Kier molecular flexibility index (Phi) is 6.86. The first-order valence-corrected chi connectivity index (χ1v) is 6.27. The molecule has 0 aromatic rings. The maximum Gasteiger partial charge on any atom is 0.237 e. The van der Waals surface area contributed by atoms with E-state index in [2.05, 4.69) is 10.6 Å². The van der Waals surface area contributed by atoms with Crippen LogP contribution in [0, 0.1) is 0 Å². The quantitative estimate of drug-likeness (QED) is 0.445. The Balaban J connectivity index is 4.37. The topological polar surface area (TPSA) is 110 Å². The molecule has 18 heavy (non-hydrogen) atoms. The normalized spacial score (nSPS) is 16.3. The first-order valence-electron chi connectivity index (χ1n) is 6.27. The van der Waals surface area contributed by atoms with E-state index in [1.54, 1.807) is 14.0 Å². The summed E-state index contributed by atoms with van der Waals surface area (Å²) in [5, 5.41) is 6.01. The average molecular weight is 258 g/mol. The predicted octanol–water partition coefficient (Wildman–Crippen LogP) is -0.528. The third-order valence-electron chi connectivity index (χ3n) is 3.01. The molecule has 0 aliphatic carbocycles. The molecule has 6 nitrogen and oxygen atoms in total. The minimum Gasteiger partial charge on any atom is -0.368 e. The minimum absolute atomic E-state index is 0.165. The Morgan fingerprint density at radius 3 is 2.17 bits per heavy atom. The molecule has 0 heterocycles. The highest BCUT2D eigenvalue weighted by atomic mass is 16.2. The van der Waals surface area contributed by atoms with Crippen LogP contribution in [0.3, 0.4) is 0 Å². The lowest BCUT2D eigenvalue weighted by Crippen LogP contribution is -2.55. The molecule has 0 saturated carbocycles. The number of carbonyl (C=O) groups is 2. The van der Waals surface area contributed by atoms with E-state index in [4.69, 9.17) is 11.5 Å². The number of likely N-dealkylation sites (N-methyl/N-ethyl adjacent to an activating group) is 1. The van der Waals surface area contributed by atoms with E-state index in [0.717, 1.165) is 0 Å². The monoisotopic (exact) mass is 258 g/mol. The predicted molar refractivity (Wildman–Crippen MR) is 71.8 cm³/mol. The van der Waals surface area contributed by atoms with Gasteiger partial charge in [-0.15, -0.1) is 0 Å². The highest BCUT2D eigenvalue weighted by Crippen LogP contribution is 2.15. The Hall–Kier alpha value is -1.14. The van der Waals surface area contributed by atoms with E-state index in [1.807, 2.05) is 13.8 Å². The van der Waals surface area contributed by atoms with Crippen molar-refractivity contribution in [3.8, 4) is 0 Å². The zero-order chi connectivity index (χ0) is 14.3. The van der Waals surface area contributed by atoms with Crippen molar-refractivity contribution >= 4 is 11.8 Å². The Morgan fingerprint density at radius 2 is 1.83 bits per heavy atom. The third kappa shape index (κ3) is 5.46. The summed E-state index contributed by atoms with van der Waals surface area (Å²) in [6.07, 6.45) is 1.86. The van der Waals surface area contributed by atoms with Gasteiger partial charge in [0.25, 0.3) is 0 Å². The maximum atomic E-state index is 11.5. The zero-order valence-electron chi connectivity index (χ0n) is 11.7. The molecule has 0 saturated heterocycles. The van der Waals surface area contributed by atoms with Crippen molar-refractivity contribution in [2.24, 2.45) is 11.5 Å². The molecule has 2 atom stereocenters. The first kappa shape index (κ1) is 16.9.